The summed E-state index contributed by atoms with van der Waals surface area (Å²) in [6.07, 6.45) is 2.97. The minimum atomic E-state index is -0.845. The Morgan fingerprint density at radius 2 is 2.10 bits per heavy atom. The van der Waals surface area contributed by atoms with E-state index in [0.717, 1.165) is 58.5 Å². The van der Waals surface area contributed by atoms with Crippen molar-refractivity contribution in [1.82, 2.24) is 19.7 Å². The first kappa shape index (κ1) is 17.4. The lowest BCUT2D eigenvalue weighted by Crippen LogP contribution is -2.16. The van der Waals surface area contributed by atoms with E-state index in [2.05, 4.69) is 9.67 Å². The summed E-state index contributed by atoms with van der Waals surface area (Å²) in [6, 6.07) is 13.3. The molecule has 4 heterocycles. The number of ether oxygens (including phenoxy) is 1. The minimum Gasteiger partial charge on any atom is -0.410 e. The first-order valence-corrected chi connectivity index (χ1v) is 9.50. The molecule has 2 N–H and O–H groups in total. The van der Waals surface area contributed by atoms with Gasteiger partial charge in [-0.3, -0.25) is 14.6 Å². The summed E-state index contributed by atoms with van der Waals surface area (Å²) in [5.74, 6) is 0.371. The number of hydrogen-bond donors (Lipinski definition) is 1. The summed E-state index contributed by atoms with van der Waals surface area (Å²) in [4.78, 5) is 20.2. The Balaban J connectivity index is 1.74. The predicted octanol–water partition coefficient (Wildman–Crippen LogP) is 3.87. The molecule has 0 saturated carbocycles. The van der Waals surface area contributed by atoms with Crippen LogP contribution in [0.3, 0.4) is 0 Å². The first-order chi connectivity index (χ1) is 14.1. The predicted molar refractivity (Wildman–Crippen MR) is 109 cm³/mol. The zero-order valence-electron chi connectivity index (χ0n) is 15.9. The van der Waals surface area contributed by atoms with Gasteiger partial charge < -0.3 is 10.5 Å². The fraction of sp³-hybridized carbons (Fsp3) is 0.182. The molecule has 0 unspecified atom stereocenters. The molecule has 7 heteroatoms. The molecule has 0 spiro atoms. The Hall–Kier alpha value is -3.74. The van der Waals surface area contributed by atoms with Gasteiger partial charge in [-0.25, -0.2) is 4.79 Å². The number of amides is 1. The molecule has 1 aromatic carbocycles. The van der Waals surface area contributed by atoms with Crippen molar-refractivity contribution in [2.45, 2.75) is 26.3 Å². The molecule has 3 aromatic heterocycles. The maximum absolute atomic E-state index is 11.1. The van der Waals surface area contributed by atoms with Gasteiger partial charge in [0, 0.05) is 41.1 Å². The van der Waals surface area contributed by atoms with E-state index in [-0.39, 0.29) is 0 Å². The highest BCUT2D eigenvalue weighted by atomic mass is 16.5. The van der Waals surface area contributed by atoms with Crippen molar-refractivity contribution in [3.05, 3.63) is 60.0 Å². The first-order valence-electron chi connectivity index (χ1n) is 9.50. The second-order valence-electron chi connectivity index (χ2n) is 7.12. The molecule has 0 aliphatic carbocycles. The third-order valence-electron chi connectivity index (χ3n) is 5.17. The Morgan fingerprint density at radius 3 is 2.93 bits per heavy atom. The van der Waals surface area contributed by atoms with Crippen LogP contribution in [-0.4, -0.2) is 25.8 Å². The summed E-state index contributed by atoms with van der Waals surface area (Å²) >= 11 is 0. The van der Waals surface area contributed by atoms with Gasteiger partial charge in [0.05, 0.1) is 11.2 Å². The lowest BCUT2D eigenvalue weighted by atomic mass is 9.96. The number of pyridine rings is 2. The number of carbonyl (C=O) groups is 1. The third-order valence-corrected chi connectivity index (χ3v) is 5.17. The standard InChI is InChI=1S/C22H19N5O2/c1-13-4-2-5-17(25-13)21-20(19-6-3-11-27(19)26-21)16-9-10-24-18-12-14(29-22(23)28)7-8-15(16)18/h2,4-5,7-10,12H,3,6,11H2,1H3,(H2,23,28). The SMILES string of the molecule is Cc1cccc(-c2nn3c(c2-c2ccnc4cc(OC(N)=O)ccc24)CCC3)n1. The molecule has 1 aliphatic rings. The van der Waals surface area contributed by atoms with Crippen LogP contribution in [0.1, 0.15) is 17.8 Å². The van der Waals surface area contributed by atoms with E-state index in [1.54, 1.807) is 18.3 Å². The topological polar surface area (TPSA) is 95.9 Å². The van der Waals surface area contributed by atoms with Gasteiger partial charge in [-0.2, -0.15) is 5.10 Å². The van der Waals surface area contributed by atoms with Gasteiger partial charge in [-0.1, -0.05) is 6.07 Å². The molecule has 29 heavy (non-hydrogen) atoms. The van der Waals surface area contributed by atoms with Crippen molar-refractivity contribution in [3.8, 4) is 28.3 Å². The molecule has 0 radical (unpaired) electrons. The molecule has 1 amide bonds. The smallest absolute Gasteiger partial charge is 0.409 e. The molecule has 0 saturated heterocycles. The normalized spacial score (nSPS) is 12.9. The van der Waals surface area contributed by atoms with E-state index in [1.807, 2.05) is 37.3 Å². The number of nitrogens with zero attached hydrogens (tertiary/aromatic N) is 4. The fourth-order valence-electron chi connectivity index (χ4n) is 3.99. The van der Waals surface area contributed by atoms with Gasteiger partial charge in [0.2, 0.25) is 0 Å². The molecule has 144 valence electrons. The van der Waals surface area contributed by atoms with Crippen molar-refractivity contribution in [3.63, 3.8) is 0 Å². The van der Waals surface area contributed by atoms with Crippen molar-refractivity contribution in [2.75, 3.05) is 0 Å². The number of primary amides is 1. The summed E-state index contributed by atoms with van der Waals surface area (Å²) in [5.41, 5.74) is 11.9. The van der Waals surface area contributed by atoms with Crippen molar-refractivity contribution >= 4 is 17.0 Å². The molecule has 0 fully saturated rings. The number of fused-ring (bicyclic) bond motifs is 2. The number of aromatic nitrogens is 4. The highest BCUT2D eigenvalue weighted by molar-refractivity contribution is 5.99. The maximum atomic E-state index is 11.1. The fourth-order valence-corrected chi connectivity index (χ4v) is 3.99. The van der Waals surface area contributed by atoms with Crippen LogP contribution in [-0.2, 0) is 13.0 Å². The third kappa shape index (κ3) is 3.00. The van der Waals surface area contributed by atoms with E-state index in [0.29, 0.717) is 5.75 Å². The van der Waals surface area contributed by atoms with E-state index in [1.165, 1.54) is 5.69 Å². The van der Waals surface area contributed by atoms with Gasteiger partial charge in [0.15, 0.2) is 0 Å². The summed E-state index contributed by atoms with van der Waals surface area (Å²) < 4.78 is 7.09. The van der Waals surface area contributed by atoms with Crippen LogP contribution in [0.25, 0.3) is 33.4 Å². The Bertz CT molecular complexity index is 1260. The van der Waals surface area contributed by atoms with Crippen LogP contribution in [0.5, 0.6) is 5.75 Å². The Morgan fingerprint density at radius 1 is 1.21 bits per heavy atom. The van der Waals surface area contributed by atoms with E-state index in [9.17, 15) is 4.79 Å². The van der Waals surface area contributed by atoms with Gasteiger partial charge in [0.25, 0.3) is 0 Å². The van der Waals surface area contributed by atoms with E-state index in [4.69, 9.17) is 20.6 Å². The van der Waals surface area contributed by atoms with Crippen LogP contribution in [0, 0.1) is 6.92 Å². The average molecular weight is 385 g/mol. The zero-order valence-corrected chi connectivity index (χ0v) is 15.9. The van der Waals surface area contributed by atoms with Crippen LogP contribution >= 0.6 is 0 Å². The second kappa shape index (κ2) is 6.70. The zero-order chi connectivity index (χ0) is 20.0. The number of aryl methyl sites for hydroxylation is 2. The molecule has 5 rings (SSSR count). The molecule has 0 atom stereocenters. The van der Waals surface area contributed by atoms with Crippen LogP contribution in [0.4, 0.5) is 4.79 Å². The second-order valence-corrected chi connectivity index (χ2v) is 7.12. The van der Waals surface area contributed by atoms with Crippen LogP contribution in [0.2, 0.25) is 0 Å². The van der Waals surface area contributed by atoms with Crippen molar-refractivity contribution in [1.29, 1.82) is 0 Å². The van der Waals surface area contributed by atoms with Gasteiger partial charge in [-0.05, 0) is 55.7 Å². The monoisotopic (exact) mass is 385 g/mol. The lowest BCUT2D eigenvalue weighted by molar-refractivity contribution is 0.211. The summed E-state index contributed by atoms with van der Waals surface area (Å²) in [6.45, 7) is 2.89. The largest absolute Gasteiger partial charge is 0.410 e. The molecular formula is C22H19N5O2. The lowest BCUT2D eigenvalue weighted by Gasteiger charge is -2.10. The Labute approximate surface area is 167 Å². The number of benzene rings is 1. The number of nitrogens with two attached hydrogens (primary N) is 1. The van der Waals surface area contributed by atoms with E-state index < -0.39 is 6.09 Å². The average Bonchev–Trinajstić information content (AvgIpc) is 3.28. The van der Waals surface area contributed by atoms with Crippen LogP contribution < -0.4 is 10.5 Å². The summed E-state index contributed by atoms with van der Waals surface area (Å²) in [7, 11) is 0. The van der Waals surface area contributed by atoms with Crippen LogP contribution in [0.15, 0.2) is 48.7 Å². The minimum absolute atomic E-state index is 0.371. The van der Waals surface area contributed by atoms with Gasteiger partial charge in [-0.15, -0.1) is 0 Å². The molecule has 4 aromatic rings. The highest BCUT2D eigenvalue weighted by Gasteiger charge is 2.25. The maximum Gasteiger partial charge on any atom is 0.409 e. The molecular weight excluding hydrogens is 366 g/mol. The van der Waals surface area contributed by atoms with Crippen molar-refractivity contribution < 1.29 is 9.53 Å². The Kier molecular flexibility index (Phi) is 4.01. The number of hydrogen-bond acceptors (Lipinski definition) is 5. The number of rotatable bonds is 3. The van der Waals surface area contributed by atoms with Gasteiger partial charge in [0.1, 0.15) is 11.4 Å². The highest BCUT2D eigenvalue weighted by Crippen LogP contribution is 2.40. The summed E-state index contributed by atoms with van der Waals surface area (Å²) in [5, 5.41) is 5.85. The van der Waals surface area contributed by atoms with Gasteiger partial charge >= 0.3 is 6.09 Å². The van der Waals surface area contributed by atoms with E-state index >= 15 is 0 Å². The number of carbonyl (C=O) groups excluding carboxylic acids is 1. The molecule has 7 nitrogen and oxygen atoms in total. The molecule has 1 aliphatic heterocycles. The molecule has 0 bridgehead atoms. The van der Waals surface area contributed by atoms with Crippen molar-refractivity contribution in [2.24, 2.45) is 5.73 Å². The quantitative estimate of drug-likeness (QED) is 0.577.